The Morgan fingerprint density at radius 1 is 0.780 bits per heavy atom. The fourth-order valence-corrected chi connectivity index (χ4v) is 6.82. The first-order chi connectivity index (χ1) is 24.2. The highest BCUT2D eigenvalue weighted by molar-refractivity contribution is 7.92. The van der Waals surface area contributed by atoms with E-state index in [1.54, 1.807) is 66.7 Å². The van der Waals surface area contributed by atoms with Crippen LogP contribution in [0, 0.1) is 12.7 Å². The maximum atomic E-state index is 15.1. The minimum atomic E-state index is -4.30. The van der Waals surface area contributed by atoms with Crippen molar-refractivity contribution >= 4 is 27.5 Å². The molecule has 258 valence electrons. The van der Waals surface area contributed by atoms with Crippen LogP contribution in [0.15, 0.2) is 138 Å². The van der Waals surface area contributed by atoms with Gasteiger partial charge in [-0.3, -0.25) is 13.9 Å². The molecule has 5 aromatic rings. The summed E-state index contributed by atoms with van der Waals surface area (Å²) in [6.45, 7) is 3.22. The summed E-state index contributed by atoms with van der Waals surface area (Å²) in [7, 11) is -4.30. The summed E-state index contributed by atoms with van der Waals surface area (Å²) in [5, 5.41) is 2.89. The van der Waals surface area contributed by atoms with Gasteiger partial charge in [0, 0.05) is 25.1 Å². The van der Waals surface area contributed by atoms with E-state index < -0.39 is 40.2 Å². The second kappa shape index (κ2) is 16.8. The van der Waals surface area contributed by atoms with Crippen LogP contribution in [0.3, 0.4) is 0 Å². The van der Waals surface area contributed by atoms with Crippen LogP contribution in [0.4, 0.5) is 10.1 Å². The predicted octanol–water partition coefficient (Wildman–Crippen LogP) is 7.29. The van der Waals surface area contributed by atoms with Gasteiger partial charge < -0.3 is 15.0 Å². The van der Waals surface area contributed by atoms with E-state index in [0.29, 0.717) is 24.5 Å². The Labute approximate surface area is 293 Å². The molecular weight excluding hydrogens is 654 g/mol. The molecule has 0 saturated carbocycles. The van der Waals surface area contributed by atoms with Crippen LogP contribution in [0.1, 0.15) is 30.0 Å². The van der Waals surface area contributed by atoms with Crippen molar-refractivity contribution in [1.29, 1.82) is 0 Å². The number of benzene rings is 5. The first-order valence-corrected chi connectivity index (χ1v) is 17.9. The number of nitrogens with one attached hydrogen (secondary N) is 1. The van der Waals surface area contributed by atoms with Crippen molar-refractivity contribution in [2.45, 2.75) is 44.2 Å². The Hall–Kier alpha value is -5.48. The summed E-state index contributed by atoms with van der Waals surface area (Å²) in [6, 6.07) is 36.0. The maximum absolute atomic E-state index is 15.1. The van der Waals surface area contributed by atoms with E-state index in [4.69, 9.17) is 4.74 Å². The molecule has 0 spiro atoms. The topological polar surface area (TPSA) is 96.0 Å². The van der Waals surface area contributed by atoms with Gasteiger partial charge in [0.1, 0.15) is 29.9 Å². The molecule has 0 saturated heterocycles. The Morgan fingerprint density at radius 2 is 1.38 bits per heavy atom. The van der Waals surface area contributed by atoms with E-state index in [1.807, 2.05) is 62.4 Å². The fourth-order valence-electron chi connectivity index (χ4n) is 5.40. The van der Waals surface area contributed by atoms with Gasteiger partial charge in [-0.1, -0.05) is 91.3 Å². The van der Waals surface area contributed by atoms with Crippen LogP contribution >= 0.6 is 0 Å². The van der Waals surface area contributed by atoms with E-state index in [9.17, 15) is 18.0 Å². The van der Waals surface area contributed by atoms with Gasteiger partial charge in [-0.25, -0.2) is 12.8 Å². The van der Waals surface area contributed by atoms with Gasteiger partial charge in [-0.15, -0.1) is 0 Å². The average Bonchev–Trinajstić information content (AvgIpc) is 3.13. The predicted molar refractivity (Wildman–Crippen MR) is 193 cm³/mol. The number of para-hydroxylation sites is 1. The lowest BCUT2D eigenvalue weighted by Crippen LogP contribution is -2.53. The Bertz CT molecular complexity index is 1970. The lowest BCUT2D eigenvalue weighted by molar-refractivity contribution is -0.140. The van der Waals surface area contributed by atoms with Crippen LogP contribution in [0.5, 0.6) is 11.5 Å². The molecule has 5 rings (SSSR count). The standard InChI is InChI=1S/C40H40FN3O5S/c1-3-26-42-40(46)38(27-31-12-6-4-7-13-31)43(28-32-14-10-11-17-37(32)41)39(45)29-44(50(47,48)36-24-18-30(2)19-25-36)33-20-22-35(23-21-33)49-34-15-8-5-9-16-34/h4-25,38H,3,26-29H2,1-2H3,(H,42,46)/t38-/m0/s1. The van der Waals surface area contributed by atoms with Gasteiger partial charge in [0.15, 0.2) is 0 Å². The second-order valence-electron chi connectivity index (χ2n) is 11.8. The Kier molecular flexibility index (Phi) is 12.0. The third-order valence-corrected chi connectivity index (χ3v) is 9.90. The number of sulfonamides is 1. The van der Waals surface area contributed by atoms with Crippen molar-refractivity contribution in [3.05, 3.63) is 156 Å². The molecule has 0 unspecified atom stereocenters. The van der Waals surface area contributed by atoms with Crippen molar-refractivity contribution in [1.82, 2.24) is 10.2 Å². The smallest absolute Gasteiger partial charge is 0.264 e. The fraction of sp³-hybridized carbons (Fsp3) is 0.200. The quantitative estimate of drug-likeness (QED) is 0.124. The third kappa shape index (κ3) is 9.15. The molecule has 0 fully saturated rings. The van der Waals surface area contributed by atoms with Crippen molar-refractivity contribution in [3.63, 3.8) is 0 Å². The molecule has 0 aliphatic rings. The van der Waals surface area contributed by atoms with Crippen molar-refractivity contribution in [2.24, 2.45) is 0 Å². The highest BCUT2D eigenvalue weighted by Gasteiger charge is 2.35. The lowest BCUT2D eigenvalue weighted by Gasteiger charge is -2.34. The average molecular weight is 694 g/mol. The van der Waals surface area contributed by atoms with E-state index in [-0.39, 0.29) is 29.1 Å². The van der Waals surface area contributed by atoms with Crippen molar-refractivity contribution in [2.75, 3.05) is 17.4 Å². The van der Waals surface area contributed by atoms with Gasteiger partial charge in [-0.2, -0.15) is 0 Å². The molecule has 0 aliphatic carbocycles. The number of aryl methyl sites for hydroxylation is 1. The van der Waals surface area contributed by atoms with Gasteiger partial charge in [0.25, 0.3) is 10.0 Å². The number of amides is 2. The van der Waals surface area contributed by atoms with E-state index >= 15 is 4.39 Å². The molecule has 0 radical (unpaired) electrons. The summed E-state index contributed by atoms with van der Waals surface area (Å²) < 4.78 is 50.7. The number of anilines is 1. The van der Waals surface area contributed by atoms with Gasteiger partial charge in [-0.05, 0) is 73.5 Å². The number of nitrogens with zero attached hydrogens (tertiary/aromatic N) is 2. The summed E-state index contributed by atoms with van der Waals surface area (Å²) in [6.07, 6.45) is 0.796. The number of rotatable bonds is 15. The zero-order valence-corrected chi connectivity index (χ0v) is 28.9. The van der Waals surface area contributed by atoms with Gasteiger partial charge in [0.2, 0.25) is 11.8 Å². The molecule has 1 N–H and O–H groups in total. The van der Waals surface area contributed by atoms with E-state index in [0.717, 1.165) is 15.4 Å². The molecule has 0 aliphatic heterocycles. The minimum Gasteiger partial charge on any atom is -0.457 e. The van der Waals surface area contributed by atoms with Gasteiger partial charge in [0.05, 0.1) is 10.6 Å². The van der Waals surface area contributed by atoms with Crippen LogP contribution in [-0.2, 0) is 32.6 Å². The third-order valence-electron chi connectivity index (χ3n) is 8.11. The number of carbonyl (C=O) groups excluding carboxylic acids is 2. The molecule has 2 amide bonds. The summed E-state index contributed by atoms with van der Waals surface area (Å²) in [4.78, 5) is 29.6. The molecule has 0 bridgehead atoms. The van der Waals surface area contributed by atoms with Crippen LogP contribution in [0.25, 0.3) is 0 Å². The first-order valence-electron chi connectivity index (χ1n) is 16.4. The minimum absolute atomic E-state index is 0.0114. The Balaban J connectivity index is 1.56. The molecule has 0 heterocycles. The second-order valence-corrected chi connectivity index (χ2v) is 13.7. The highest BCUT2D eigenvalue weighted by atomic mass is 32.2. The highest BCUT2D eigenvalue weighted by Crippen LogP contribution is 2.29. The van der Waals surface area contributed by atoms with E-state index in [2.05, 4.69) is 5.32 Å². The molecule has 8 nitrogen and oxygen atoms in total. The largest absolute Gasteiger partial charge is 0.457 e. The van der Waals surface area contributed by atoms with Crippen LogP contribution in [-0.4, -0.2) is 44.3 Å². The summed E-state index contributed by atoms with van der Waals surface area (Å²) in [5.74, 6) is -0.572. The van der Waals surface area contributed by atoms with Crippen molar-refractivity contribution < 1.29 is 27.1 Å². The lowest BCUT2D eigenvalue weighted by atomic mass is 10.0. The molecule has 10 heteroatoms. The SMILES string of the molecule is CCCNC(=O)[C@H](Cc1ccccc1)N(Cc1ccccc1F)C(=O)CN(c1ccc(Oc2ccccc2)cc1)S(=O)(=O)c1ccc(C)cc1. The number of hydrogen-bond acceptors (Lipinski definition) is 5. The molecular formula is C40H40FN3O5S. The molecule has 5 aromatic carbocycles. The zero-order chi connectivity index (χ0) is 35.5. The summed E-state index contributed by atoms with van der Waals surface area (Å²) in [5.41, 5.74) is 2.05. The number of hydrogen-bond donors (Lipinski definition) is 1. The number of halogens is 1. The summed E-state index contributed by atoms with van der Waals surface area (Å²) >= 11 is 0. The normalized spacial score (nSPS) is 11.7. The Morgan fingerprint density at radius 3 is 2.02 bits per heavy atom. The first kappa shape index (κ1) is 35.8. The number of ether oxygens (including phenoxy) is 1. The molecule has 50 heavy (non-hydrogen) atoms. The monoisotopic (exact) mass is 693 g/mol. The van der Waals surface area contributed by atoms with Gasteiger partial charge >= 0.3 is 0 Å². The maximum Gasteiger partial charge on any atom is 0.264 e. The van der Waals surface area contributed by atoms with Crippen LogP contribution in [0.2, 0.25) is 0 Å². The molecule has 0 aromatic heterocycles. The van der Waals surface area contributed by atoms with E-state index in [1.165, 1.54) is 23.1 Å². The zero-order valence-electron chi connectivity index (χ0n) is 28.0. The number of carbonyl (C=O) groups is 2. The molecule has 1 atom stereocenters. The van der Waals surface area contributed by atoms with Crippen molar-refractivity contribution in [3.8, 4) is 11.5 Å². The van der Waals surface area contributed by atoms with Crippen LogP contribution < -0.4 is 14.4 Å².